The lowest BCUT2D eigenvalue weighted by atomic mass is 10.1. The van der Waals surface area contributed by atoms with Gasteiger partial charge in [-0.15, -0.1) is 5.10 Å². The van der Waals surface area contributed by atoms with E-state index in [1.165, 1.54) is 11.9 Å². The molecule has 2 amide bonds. The Bertz CT molecular complexity index is 1560. The SMILES string of the molecule is CN1C(=O)C(NC(=O)c2ncc(Cl)c(-c3ccc(F)cc3F)n2)COc2ccc(Oc3ccn(C)n3)cc21. The molecule has 0 spiro atoms. The molecule has 38 heavy (non-hydrogen) atoms. The molecule has 13 heteroatoms. The van der Waals surface area contributed by atoms with Crippen LogP contribution in [-0.4, -0.2) is 51.3 Å². The fourth-order valence-corrected chi connectivity index (χ4v) is 3.98. The summed E-state index contributed by atoms with van der Waals surface area (Å²) in [5, 5.41) is 6.67. The summed E-state index contributed by atoms with van der Waals surface area (Å²) in [7, 11) is 3.29. The Balaban J connectivity index is 1.34. The molecule has 0 saturated carbocycles. The highest BCUT2D eigenvalue weighted by Gasteiger charge is 2.32. The number of carbonyl (C=O) groups excluding carboxylic acids is 2. The molecule has 0 aliphatic carbocycles. The quantitative estimate of drug-likeness (QED) is 0.410. The minimum absolute atomic E-state index is 0.0418. The first-order valence-corrected chi connectivity index (χ1v) is 11.6. The number of carbonyl (C=O) groups is 2. The number of ether oxygens (including phenoxy) is 2. The fourth-order valence-electron chi connectivity index (χ4n) is 3.78. The number of aryl methyl sites for hydroxylation is 1. The molecule has 3 heterocycles. The number of amides is 2. The van der Waals surface area contributed by atoms with Crippen LogP contribution in [0.3, 0.4) is 0 Å². The molecule has 10 nitrogen and oxygen atoms in total. The average Bonchev–Trinajstić information content (AvgIpc) is 3.26. The largest absolute Gasteiger partial charge is 0.489 e. The maximum Gasteiger partial charge on any atom is 0.289 e. The third-order valence-corrected chi connectivity index (χ3v) is 5.95. The molecule has 1 atom stereocenters. The number of anilines is 1. The van der Waals surface area contributed by atoms with Crippen LogP contribution in [0.25, 0.3) is 11.3 Å². The van der Waals surface area contributed by atoms with Gasteiger partial charge in [-0.25, -0.2) is 18.7 Å². The zero-order valence-electron chi connectivity index (χ0n) is 20.0. The third kappa shape index (κ3) is 4.98. The summed E-state index contributed by atoms with van der Waals surface area (Å²) in [4.78, 5) is 35.4. The standard InChI is InChI=1S/C25H19ClF2N6O4/c1-33-8-7-21(32-33)38-14-4-6-20-19(10-14)34(2)25(36)18(12-37-20)30-24(35)23-29-11-16(26)22(31-23)15-5-3-13(27)9-17(15)28/h3-11,18H,12H2,1-2H3,(H,30,35). The molecule has 2 aromatic heterocycles. The van der Waals surface area contributed by atoms with Crippen LogP contribution in [0.4, 0.5) is 14.5 Å². The van der Waals surface area contributed by atoms with Gasteiger partial charge in [-0.1, -0.05) is 11.6 Å². The highest BCUT2D eigenvalue weighted by Crippen LogP contribution is 2.35. The molecule has 1 N–H and O–H groups in total. The monoisotopic (exact) mass is 540 g/mol. The molecule has 4 aromatic rings. The van der Waals surface area contributed by atoms with Crippen LogP contribution in [0.2, 0.25) is 5.02 Å². The van der Waals surface area contributed by atoms with Crippen LogP contribution in [0.1, 0.15) is 10.6 Å². The zero-order valence-corrected chi connectivity index (χ0v) is 20.7. The predicted molar refractivity (Wildman–Crippen MR) is 132 cm³/mol. The summed E-state index contributed by atoms with van der Waals surface area (Å²) in [6, 6.07) is 8.41. The van der Waals surface area contributed by atoms with Crippen LogP contribution < -0.4 is 19.7 Å². The molecule has 2 aromatic carbocycles. The number of hydrogen-bond donors (Lipinski definition) is 1. The number of likely N-dealkylation sites (N-methyl/N-ethyl adjacent to an activating group) is 1. The van der Waals surface area contributed by atoms with Crippen molar-refractivity contribution in [2.75, 3.05) is 18.6 Å². The van der Waals surface area contributed by atoms with Crippen molar-refractivity contribution in [2.45, 2.75) is 6.04 Å². The van der Waals surface area contributed by atoms with E-state index in [1.807, 2.05) is 0 Å². The van der Waals surface area contributed by atoms with Crippen LogP contribution in [0, 0.1) is 11.6 Å². The zero-order chi connectivity index (χ0) is 27.0. The Labute approximate surface area is 219 Å². The van der Waals surface area contributed by atoms with Gasteiger partial charge in [0.05, 0.1) is 22.6 Å². The molecule has 0 bridgehead atoms. The topological polar surface area (TPSA) is 111 Å². The molecular weight excluding hydrogens is 522 g/mol. The van der Waals surface area contributed by atoms with Gasteiger partial charge in [0, 0.05) is 44.1 Å². The lowest BCUT2D eigenvalue weighted by Crippen LogP contribution is -2.49. The minimum Gasteiger partial charge on any atom is -0.489 e. The van der Waals surface area contributed by atoms with Gasteiger partial charge in [-0.3, -0.25) is 14.3 Å². The first kappa shape index (κ1) is 25.1. The van der Waals surface area contributed by atoms with Gasteiger partial charge in [0.15, 0.2) is 0 Å². The second kappa shape index (κ2) is 10.1. The van der Waals surface area contributed by atoms with E-state index in [0.29, 0.717) is 29.1 Å². The van der Waals surface area contributed by atoms with E-state index in [-0.39, 0.29) is 28.7 Å². The summed E-state index contributed by atoms with van der Waals surface area (Å²) >= 11 is 6.11. The summed E-state index contributed by atoms with van der Waals surface area (Å²) in [5.74, 6) is -2.11. The number of fused-ring (bicyclic) bond motifs is 1. The first-order valence-electron chi connectivity index (χ1n) is 11.2. The van der Waals surface area contributed by atoms with E-state index in [2.05, 4.69) is 20.4 Å². The summed E-state index contributed by atoms with van der Waals surface area (Å²) in [6.45, 7) is -0.171. The van der Waals surface area contributed by atoms with E-state index >= 15 is 0 Å². The molecule has 0 fully saturated rings. The smallest absolute Gasteiger partial charge is 0.289 e. The number of benzene rings is 2. The van der Waals surface area contributed by atoms with Crippen LogP contribution >= 0.6 is 11.6 Å². The Kier molecular flexibility index (Phi) is 6.64. The van der Waals surface area contributed by atoms with Gasteiger partial charge in [-0.2, -0.15) is 0 Å². The van der Waals surface area contributed by atoms with E-state index in [0.717, 1.165) is 18.3 Å². The van der Waals surface area contributed by atoms with Crippen molar-refractivity contribution in [3.63, 3.8) is 0 Å². The molecule has 5 rings (SSSR count). The van der Waals surface area contributed by atoms with Gasteiger partial charge in [0.1, 0.15) is 35.8 Å². The second-order valence-corrected chi connectivity index (χ2v) is 8.72. The van der Waals surface area contributed by atoms with Gasteiger partial charge in [-0.05, 0) is 24.3 Å². The van der Waals surface area contributed by atoms with E-state index in [4.69, 9.17) is 21.1 Å². The number of rotatable bonds is 5. The van der Waals surface area contributed by atoms with Crippen LogP contribution in [0.5, 0.6) is 17.4 Å². The van der Waals surface area contributed by atoms with Crippen molar-refractivity contribution in [3.8, 4) is 28.6 Å². The van der Waals surface area contributed by atoms with Crippen molar-refractivity contribution >= 4 is 29.1 Å². The highest BCUT2D eigenvalue weighted by molar-refractivity contribution is 6.33. The number of aromatic nitrogens is 4. The van der Waals surface area contributed by atoms with Crippen molar-refractivity contribution < 1.29 is 27.8 Å². The van der Waals surface area contributed by atoms with E-state index in [9.17, 15) is 18.4 Å². The predicted octanol–water partition coefficient (Wildman–Crippen LogP) is 3.75. The fraction of sp³-hybridized carbons (Fsp3) is 0.160. The van der Waals surface area contributed by atoms with Gasteiger partial charge in [0.25, 0.3) is 11.8 Å². The Morgan fingerprint density at radius 3 is 2.74 bits per heavy atom. The molecular formula is C25H19ClF2N6O4. The second-order valence-electron chi connectivity index (χ2n) is 8.31. The molecule has 194 valence electrons. The van der Waals surface area contributed by atoms with Crippen molar-refractivity contribution in [3.05, 3.63) is 77.3 Å². The minimum atomic E-state index is -1.09. The van der Waals surface area contributed by atoms with Gasteiger partial charge >= 0.3 is 0 Å². The number of nitrogens with one attached hydrogen (secondary N) is 1. The lowest BCUT2D eigenvalue weighted by Gasteiger charge is -2.20. The maximum absolute atomic E-state index is 14.3. The third-order valence-electron chi connectivity index (χ3n) is 5.68. The molecule has 1 aliphatic rings. The van der Waals surface area contributed by atoms with E-state index in [1.54, 1.807) is 42.2 Å². The molecule has 1 unspecified atom stereocenters. The average molecular weight is 541 g/mol. The maximum atomic E-state index is 14.3. The Morgan fingerprint density at radius 2 is 2.00 bits per heavy atom. The van der Waals surface area contributed by atoms with Crippen molar-refractivity contribution in [1.82, 2.24) is 25.1 Å². The van der Waals surface area contributed by atoms with Crippen molar-refractivity contribution in [1.29, 1.82) is 0 Å². The first-order chi connectivity index (χ1) is 18.2. The van der Waals surface area contributed by atoms with Crippen LogP contribution in [0.15, 0.2) is 54.9 Å². The summed E-state index contributed by atoms with van der Waals surface area (Å²) < 4.78 is 40.7. The Morgan fingerprint density at radius 1 is 1.18 bits per heavy atom. The van der Waals surface area contributed by atoms with Gasteiger partial charge < -0.3 is 19.7 Å². The normalized spacial score (nSPS) is 14.9. The number of halogens is 3. The number of hydrogen-bond acceptors (Lipinski definition) is 7. The lowest BCUT2D eigenvalue weighted by molar-refractivity contribution is -0.120. The molecule has 1 aliphatic heterocycles. The van der Waals surface area contributed by atoms with Crippen LogP contribution in [-0.2, 0) is 11.8 Å². The summed E-state index contributed by atoms with van der Waals surface area (Å²) in [5.41, 5.74) is 0.218. The van der Waals surface area contributed by atoms with Gasteiger partial charge in [0.2, 0.25) is 11.7 Å². The number of nitrogens with zero attached hydrogens (tertiary/aromatic N) is 5. The molecule has 0 radical (unpaired) electrons. The molecule has 0 saturated heterocycles. The van der Waals surface area contributed by atoms with E-state index < -0.39 is 29.5 Å². The Hall–Kier alpha value is -4.58. The highest BCUT2D eigenvalue weighted by atomic mass is 35.5. The summed E-state index contributed by atoms with van der Waals surface area (Å²) in [6.07, 6.45) is 2.85. The van der Waals surface area contributed by atoms with Crippen molar-refractivity contribution in [2.24, 2.45) is 7.05 Å².